The molecule has 0 saturated carbocycles. The highest BCUT2D eigenvalue weighted by Gasteiger charge is 2.40. The molecule has 1 aliphatic rings. The lowest BCUT2D eigenvalue weighted by Crippen LogP contribution is -2.30. The van der Waals surface area contributed by atoms with E-state index in [9.17, 15) is 9.90 Å². The molecule has 0 aliphatic carbocycles. The van der Waals surface area contributed by atoms with E-state index in [1.165, 1.54) is 0 Å². The van der Waals surface area contributed by atoms with Gasteiger partial charge in [0, 0.05) is 10.5 Å². The van der Waals surface area contributed by atoms with Gasteiger partial charge in [0.2, 0.25) is 0 Å². The highest BCUT2D eigenvalue weighted by molar-refractivity contribution is 8.00. The molecule has 3 nitrogen and oxygen atoms in total. The van der Waals surface area contributed by atoms with Crippen LogP contribution in [0.15, 0.2) is 0 Å². The fraction of sp³-hybridized carbons (Fsp3) is 0.909. The Labute approximate surface area is 95.6 Å². The van der Waals surface area contributed by atoms with Gasteiger partial charge >= 0.3 is 5.97 Å². The van der Waals surface area contributed by atoms with Crippen molar-refractivity contribution in [1.82, 2.24) is 0 Å². The van der Waals surface area contributed by atoms with Crippen molar-refractivity contribution >= 4 is 17.7 Å². The molecule has 0 aromatic heterocycles. The van der Waals surface area contributed by atoms with E-state index in [0.717, 1.165) is 5.75 Å². The van der Waals surface area contributed by atoms with Gasteiger partial charge in [0.1, 0.15) is 5.60 Å². The molecule has 0 amide bonds. The average Bonchev–Trinajstić information content (AvgIpc) is 2.46. The number of aliphatic hydroxyl groups excluding tert-OH is 1. The predicted molar refractivity (Wildman–Crippen MR) is 61.9 cm³/mol. The molecule has 0 bridgehead atoms. The molecule has 1 fully saturated rings. The Hall–Kier alpha value is -0.220. The third kappa shape index (κ3) is 3.68. The summed E-state index contributed by atoms with van der Waals surface area (Å²) in [5.41, 5.74) is -0.417. The molecule has 2 atom stereocenters. The summed E-state index contributed by atoms with van der Waals surface area (Å²) in [7, 11) is 0. The first-order chi connectivity index (χ1) is 6.76. The molecular weight excluding hydrogens is 212 g/mol. The van der Waals surface area contributed by atoms with Gasteiger partial charge in [0.15, 0.2) is 0 Å². The Morgan fingerprint density at radius 2 is 2.20 bits per heavy atom. The first kappa shape index (κ1) is 12.8. The lowest BCUT2D eigenvalue weighted by molar-refractivity contribution is -0.159. The fourth-order valence-corrected chi connectivity index (χ4v) is 2.86. The van der Waals surface area contributed by atoms with Crippen LogP contribution in [0, 0.1) is 5.92 Å². The van der Waals surface area contributed by atoms with Crippen LogP contribution in [0.3, 0.4) is 0 Å². The largest absolute Gasteiger partial charge is 0.460 e. The van der Waals surface area contributed by atoms with Crippen LogP contribution in [-0.4, -0.2) is 33.8 Å². The topological polar surface area (TPSA) is 46.5 Å². The van der Waals surface area contributed by atoms with Gasteiger partial charge in [-0.1, -0.05) is 0 Å². The second-order valence-corrected chi connectivity index (χ2v) is 6.96. The third-order valence-electron chi connectivity index (χ3n) is 2.39. The van der Waals surface area contributed by atoms with E-state index < -0.39 is 5.60 Å². The minimum absolute atomic E-state index is 0.0635. The van der Waals surface area contributed by atoms with E-state index in [1.807, 2.05) is 27.7 Å². The molecular formula is C11H20O3S. The number of hydrogen-bond donors (Lipinski definition) is 1. The zero-order valence-corrected chi connectivity index (χ0v) is 10.7. The van der Waals surface area contributed by atoms with Gasteiger partial charge < -0.3 is 9.84 Å². The summed E-state index contributed by atoms with van der Waals surface area (Å²) >= 11 is 1.66. The summed E-state index contributed by atoms with van der Waals surface area (Å²) in [6.45, 7) is 7.73. The Bertz CT molecular complexity index is 247. The van der Waals surface area contributed by atoms with Gasteiger partial charge in [-0.3, -0.25) is 4.79 Å². The fourth-order valence-electron chi connectivity index (χ4n) is 1.59. The van der Waals surface area contributed by atoms with E-state index in [2.05, 4.69) is 0 Å². The zero-order chi connectivity index (χ0) is 11.7. The molecule has 0 aromatic rings. The lowest BCUT2D eigenvalue weighted by atomic mass is 9.98. The molecule has 88 valence electrons. The summed E-state index contributed by atoms with van der Waals surface area (Å²) in [5.74, 6) is 0.560. The molecule has 1 rings (SSSR count). The molecule has 0 unspecified atom stereocenters. The van der Waals surface area contributed by atoms with Crippen LogP contribution in [0.2, 0.25) is 0 Å². The van der Waals surface area contributed by atoms with Crippen molar-refractivity contribution in [2.24, 2.45) is 5.92 Å². The van der Waals surface area contributed by atoms with Crippen LogP contribution < -0.4 is 0 Å². The predicted octanol–water partition coefficient (Wildman–Crippen LogP) is 1.83. The normalized spacial score (nSPS) is 31.7. The van der Waals surface area contributed by atoms with Crippen LogP contribution in [0.25, 0.3) is 0 Å². The number of aliphatic hydroxyl groups is 1. The van der Waals surface area contributed by atoms with Crippen LogP contribution in [-0.2, 0) is 9.53 Å². The number of hydrogen-bond acceptors (Lipinski definition) is 4. The first-order valence-electron chi connectivity index (χ1n) is 5.23. The maximum atomic E-state index is 11.7. The van der Waals surface area contributed by atoms with E-state index >= 15 is 0 Å². The van der Waals surface area contributed by atoms with Gasteiger partial charge in [0.05, 0.1) is 12.5 Å². The SMILES string of the molecule is CC(C)(C)OC(=O)[C@@H]1CS[C@@](C)(CO)C1. The first-order valence-corrected chi connectivity index (χ1v) is 6.22. The number of esters is 1. The van der Waals surface area contributed by atoms with Crippen molar-refractivity contribution in [2.75, 3.05) is 12.4 Å². The van der Waals surface area contributed by atoms with Gasteiger partial charge in [-0.2, -0.15) is 11.8 Å². The number of thioether (sulfide) groups is 1. The highest BCUT2D eigenvalue weighted by Crippen LogP contribution is 2.41. The Morgan fingerprint density at radius 1 is 1.60 bits per heavy atom. The summed E-state index contributed by atoms with van der Waals surface area (Å²) in [4.78, 5) is 11.7. The van der Waals surface area contributed by atoms with E-state index in [4.69, 9.17) is 4.74 Å². The number of carbonyl (C=O) groups is 1. The van der Waals surface area contributed by atoms with E-state index in [1.54, 1.807) is 11.8 Å². The minimum atomic E-state index is -0.417. The Morgan fingerprint density at radius 3 is 2.60 bits per heavy atom. The molecule has 0 radical (unpaired) electrons. The Balaban J connectivity index is 2.51. The maximum Gasteiger partial charge on any atom is 0.310 e. The smallest absolute Gasteiger partial charge is 0.310 e. The molecule has 0 aromatic carbocycles. The van der Waals surface area contributed by atoms with Crippen molar-refractivity contribution in [3.05, 3.63) is 0 Å². The molecule has 0 spiro atoms. The zero-order valence-electron chi connectivity index (χ0n) is 9.87. The van der Waals surface area contributed by atoms with Crippen LogP contribution in [0.1, 0.15) is 34.1 Å². The standard InChI is InChI=1S/C11H20O3S/c1-10(2,3)14-9(13)8-5-11(4,7-12)15-6-8/h8,12H,5-7H2,1-4H3/t8-,11+/m0/s1. The van der Waals surface area contributed by atoms with Crippen molar-refractivity contribution in [3.8, 4) is 0 Å². The molecule has 1 heterocycles. The van der Waals surface area contributed by atoms with Gasteiger partial charge in [-0.25, -0.2) is 0 Å². The third-order valence-corrected chi connectivity index (χ3v) is 3.95. The van der Waals surface area contributed by atoms with E-state index in [0.29, 0.717) is 6.42 Å². The number of ether oxygens (including phenoxy) is 1. The van der Waals surface area contributed by atoms with Gasteiger partial charge in [-0.05, 0) is 34.1 Å². The number of rotatable bonds is 2. The highest BCUT2D eigenvalue weighted by atomic mass is 32.2. The van der Waals surface area contributed by atoms with Crippen LogP contribution >= 0.6 is 11.8 Å². The molecule has 15 heavy (non-hydrogen) atoms. The molecule has 1 saturated heterocycles. The monoisotopic (exact) mass is 232 g/mol. The van der Waals surface area contributed by atoms with Gasteiger partial charge in [-0.15, -0.1) is 0 Å². The quantitative estimate of drug-likeness (QED) is 0.738. The molecule has 1 N–H and O–H groups in total. The maximum absolute atomic E-state index is 11.7. The summed E-state index contributed by atoms with van der Waals surface area (Å²) < 4.78 is 5.16. The van der Waals surface area contributed by atoms with Crippen molar-refractivity contribution in [3.63, 3.8) is 0 Å². The number of carbonyl (C=O) groups excluding carboxylic acids is 1. The van der Waals surface area contributed by atoms with Crippen LogP contribution in [0.4, 0.5) is 0 Å². The summed E-state index contributed by atoms with van der Waals surface area (Å²) in [6.07, 6.45) is 0.711. The molecule has 1 aliphatic heterocycles. The molecule has 4 heteroatoms. The second kappa shape index (κ2) is 4.34. The van der Waals surface area contributed by atoms with Crippen LogP contribution in [0.5, 0.6) is 0 Å². The lowest BCUT2D eigenvalue weighted by Gasteiger charge is -2.23. The van der Waals surface area contributed by atoms with Crippen molar-refractivity contribution in [1.29, 1.82) is 0 Å². The van der Waals surface area contributed by atoms with E-state index in [-0.39, 0.29) is 23.2 Å². The Kier molecular flexibility index (Phi) is 3.71. The summed E-state index contributed by atoms with van der Waals surface area (Å²) in [5, 5.41) is 9.18. The average molecular weight is 232 g/mol. The van der Waals surface area contributed by atoms with Crippen molar-refractivity contribution in [2.45, 2.75) is 44.5 Å². The van der Waals surface area contributed by atoms with Crippen molar-refractivity contribution < 1.29 is 14.6 Å². The minimum Gasteiger partial charge on any atom is -0.460 e. The van der Waals surface area contributed by atoms with Gasteiger partial charge in [0.25, 0.3) is 0 Å². The second-order valence-electron chi connectivity index (χ2n) is 5.35. The summed E-state index contributed by atoms with van der Waals surface area (Å²) in [6, 6.07) is 0.